The molecule has 0 heterocycles. The van der Waals surface area contributed by atoms with Crippen molar-refractivity contribution in [3.8, 4) is 5.75 Å². The van der Waals surface area contributed by atoms with Gasteiger partial charge in [-0.3, -0.25) is 4.79 Å². The number of carbonyl (C=O) groups excluding carboxylic acids is 1. The van der Waals surface area contributed by atoms with E-state index in [9.17, 15) is 9.90 Å². The van der Waals surface area contributed by atoms with Gasteiger partial charge in [-0.05, 0) is 36.2 Å². The average molecular weight is 276 g/mol. The first kappa shape index (κ1) is 13.4. The maximum absolute atomic E-state index is 12.0. The zero-order valence-corrected chi connectivity index (χ0v) is 11.2. The molecule has 4 heteroatoms. The number of para-hydroxylation sites is 1. The number of rotatable bonds is 3. The van der Waals surface area contributed by atoms with Crippen LogP contribution in [0.5, 0.6) is 5.75 Å². The molecule has 0 aliphatic heterocycles. The minimum Gasteiger partial charge on any atom is -0.507 e. The van der Waals surface area contributed by atoms with Crippen LogP contribution in [0.25, 0.3) is 0 Å². The zero-order chi connectivity index (χ0) is 13.8. The lowest BCUT2D eigenvalue weighted by atomic mass is 10.1. The van der Waals surface area contributed by atoms with Gasteiger partial charge in [0.25, 0.3) is 5.91 Å². The Morgan fingerprint density at radius 2 is 2.00 bits per heavy atom. The molecule has 0 aromatic heterocycles. The van der Waals surface area contributed by atoms with Crippen molar-refractivity contribution in [3.05, 3.63) is 64.2 Å². The topological polar surface area (TPSA) is 49.3 Å². The molecule has 1 amide bonds. The molecule has 98 valence electrons. The van der Waals surface area contributed by atoms with E-state index < -0.39 is 0 Å². The third kappa shape index (κ3) is 3.26. The first-order valence-electron chi connectivity index (χ1n) is 5.89. The largest absolute Gasteiger partial charge is 0.507 e. The van der Waals surface area contributed by atoms with Crippen LogP contribution in [0.15, 0.2) is 42.5 Å². The predicted octanol–water partition coefficient (Wildman–Crippen LogP) is 3.28. The fourth-order valence-corrected chi connectivity index (χ4v) is 1.98. The quantitative estimate of drug-likeness (QED) is 0.903. The lowest BCUT2D eigenvalue weighted by molar-refractivity contribution is 0.0948. The number of aryl methyl sites for hydroxylation is 1. The molecule has 3 nitrogen and oxygen atoms in total. The molecular weight excluding hydrogens is 262 g/mol. The van der Waals surface area contributed by atoms with Gasteiger partial charge in [0.15, 0.2) is 0 Å². The van der Waals surface area contributed by atoms with Crippen LogP contribution in [0.3, 0.4) is 0 Å². The van der Waals surface area contributed by atoms with Crippen molar-refractivity contribution in [1.29, 1.82) is 0 Å². The summed E-state index contributed by atoms with van der Waals surface area (Å²) >= 11 is 5.87. The van der Waals surface area contributed by atoms with E-state index in [0.29, 0.717) is 17.1 Å². The third-order valence-corrected chi connectivity index (χ3v) is 3.06. The van der Waals surface area contributed by atoms with Gasteiger partial charge in [-0.15, -0.1) is 0 Å². The van der Waals surface area contributed by atoms with Gasteiger partial charge in [-0.25, -0.2) is 0 Å². The summed E-state index contributed by atoms with van der Waals surface area (Å²) in [7, 11) is 0. The van der Waals surface area contributed by atoms with Gasteiger partial charge in [0.2, 0.25) is 0 Å². The molecule has 2 rings (SSSR count). The summed E-state index contributed by atoms with van der Waals surface area (Å²) in [6, 6.07) is 12.4. The minimum atomic E-state index is -0.304. The van der Waals surface area contributed by atoms with Crippen LogP contribution in [-0.4, -0.2) is 11.0 Å². The third-order valence-electron chi connectivity index (χ3n) is 2.82. The number of phenols is 1. The van der Waals surface area contributed by atoms with Crippen LogP contribution in [0, 0.1) is 6.92 Å². The van der Waals surface area contributed by atoms with E-state index in [2.05, 4.69) is 5.32 Å². The normalized spacial score (nSPS) is 10.2. The molecule has 2 aromatic rings. The summed E-state index contributed by atoms with van der Waals surface area (Å²) in [6.45, 7) is 2.12. The fourth-order valence-electron chi connectivity index (χ4n) is 1.77. The Bertz CT molecular complexity index is 611. The molecule has 2 N–H and O–H groups in total. The summed E-state index contributed by atoms with van der Waals surface area (Å²) < 4.78 is 0. The molecule has 2 aromatic carbocycles. The molecule has 0 bridgehead atoms. The molecule has 0 radical (unpaired) electrons. The number of hydrogen-bond acceptors (Lipinski definition) is 2. The Morgan fingerprint density at radius 3 is 2.74 bits per heavy atom. The first-order chi connectivity index (χ1) is 9.08. The average Bonchev–Trinajstić information content (AvgIpc) is 2.39. The highest BCUT2D eigenvalue weighted by molar-refractivity contribution is 6.30. The van der Waals surface area contributed by atoms with E-state index in [1.807, 2.05) is 12.1 Å². The minimum absolute atomic E-state index is 0.0195. The number of hydrogen-bond donors (Lipinski definition) is 2. The van der Waals surface area contributed by atoms with Crippen LogP contribution in [-0.2, 0) is 6.54 Å². The Hall–Kier alpha value is -2.00. The van der Waals surface area contributed by atoms with Crippen LogP contribution >= 0.6 is 11.6 Å². The van der Waals surface area contributed by atoms with Gasteiger partial charge in [0.1, 0.15) is 5.75 Å². The molecule has 0 spiro atoms. The van der Waals surface area contributed by atoms with Gasteiger partial charge in [0.05, 0.1) is 5.56 Å². The smallest absolute Gasteiger partial charge is 0.255 e. The van der Waals surface area contributed by atoms with E-state index in [1.54, 1.807) is 37.3 Å². The van der Waals surface area contributed by atoms with Crippen molar-refractivity contribution in [1.82, 2.24) is 5.32 Å². The highest BCUT2D eigenvalue weighted by atomic mass is 35.5. The SMILES string of the molecule is Cc1cccc(C(=O)NCc2cccc(Cl)c2)c1O. The zero-order valence-electron chi connectivity index (χ0n) is 10.5. The molecule has 0 aliphatic rings. The Morgan fingerprint density at radius 1 is 1.26 bits per heavy atom. The molecule has 0 atom stereocenters. The maximum atomic E-state index is 12.0. The van der Waals surface area contributed by atoms with E-state index in [-0.39, 0.29) is 17.2 Å². The lowest BCUT2D eigenvalue weighted by Gasteiger charge is -2.08. The van der Waals surface area contributed by atoms with Gasteiger partial charge in [-0.1, -0.05) is 35.9 Å². The van der Waals surface area contributed by atoms with Gasteiger partial charge < -0.3 is 10.4 Å². The second-order valence-corrected chi connectivity index (χ2v) is 4.72. The lowest BCUT2D eigenvalue weighted by Crippen LogP contribution is -2.22. The molecule has 0 aliphatic carbocycles. The van der Waals surface area contributed by atoms with Crippen molar-refractivity contribution in [3.63, 3.8) is 0 Å². The van der Waals surface area contributed by atoms with E-state index in [4.69, 9.17) is 11.6 Å². The number of amides is 1. The highest BCUT2D eigenvalue weighted by Gasteiger charge is 2.11. The standard InChI is InChI=1S/C15H14ClNO2/c1-10-4-2-7-13(14(10)18)15(19)17-9-11-5-3-6-12(16)8-11/h2-8,18H,9H2,1H3,(H,17,19). The van der Waals surface area contributed by atoms with Gasteiger partial charge >= 0.3 is 0 Å². The van der Waals surface area contributed by atoms with Crippen molar-refractivity contribution in [2.24, 2.45) is 0 Å². The summed E-state index contributed by atoms with van der Waals surface area (Å²) in [6.07, 6.45) is 0. The van der Waals surface area contributed by atoms with E-state index in [0.717, 1.165) is 5.56 Å². The van der Waals surface area contributed by atoms with Gasteiger partial charge in [0, 0.05) is 11.6 Å². The monoisotopic (exact) mass is 275 g/mol. The second kappa shape index (κ2) is 5.76. The number of aromatic hydroxyl groups is 1. The summed E-state index contributed by atoms with van der Waals surface area (Å²) in [5, 5.41) is 13.2. The van der Waals surface area contributed by atoms with E-state index in [1.165, 1.54) is 0 Å². The van der Waals surface area contributed by atoms with Crippen molar-refractivity contribution < 1.29 is 9.90 Å². The molecular formula is C15H14ClNO2. The number of halogens is 1. The molecule has 0 fully saturated rings. The summed E-state index contributed by atoms with van der Waals surface area (Å²) in [4.78, 5) is 12.0. The Labute approximate surface area is 116 Å². The Kier molecular flexibility index (Phi) is 4.07. The number of benzene rings is 2. The summed E-state index contributed by atoms with van der Waals surface area (Å²) in [5.41, 5.74) is 1.87. The molecule has 0 saturated carbocycles. The van der Waals surface area contributed by atoms with Crippen LogP contribution in [0.4, 0.5) is 0 Å². The molecule has 19 heavy (non-hydrogen) atoms. The summed E-state index contributed by atoms with van der Waals surface area (Å²) in [5.74, 6) is -0.285. The first-order valence-corrected chi connectivity index (χ1v) is 6.27. The number of nitrogens with one attached hydrogen (secondary N) is 1. The maximum Gasteiger partial charge on any atom is 0.255 e. The van der Waals surface area contributed by atoms with Crippen LogP contribution < -0.4 is 5.32 Å². The molecule has 0 unspecified atom stereocenters. The van der Waals surface area contributed by atoms with Crippen molar-refractivity contribution in [2.75, 3.05) is 0 Å². The second-order valence-electron chi connectivity index (χ2n) is 4.28. The van der Waals surface area contributed by atoms with E-state index >= 15 is 0 Å². The number of carbonyl (C=O) groups is 1. The van der Waals surface area contributed by atoms with Crippen LogP contribution in [0.2, 0.25) is 5.02 Å². The van der Waals surface area contributed by atoms with Gasteiger partial charge in [-0.2, -0.15) is 0 Å². The predicted molar refractivity (Wildman–Crippen MR) is 75.5 cm³/mol. The van der Waals surface area contributed by atoms with Crippen LogP contribution in [0.1, 0.15) is 21.5 Å². The fraction of sp³-hybridized carbons (Fsp3) is 0.133. The number of phenolic OH excluding ortho intramolecular Hbond substituents is 1. The highest BCUT2D eigenvalue weighted by Crippen LogP contribution is 2.21. The van der Waals surface area contributed by atoms with Crippen molar-refractivity contribution >= 4 is 17.5 Å². The molecule has 0 saturated heterocycles. The Balaban J connectivity index is 2.08. The van der Waals surface area contributed by atoms with Crippen molar-refractivity contribution in [2.45, 2.75) is 13.5 Å².